The lowest BCUT2D eigenvalue weighted by molar-refractivity contribution is -0.120. The van der Waals surface area contributed by atoms with E-state index in [0.29, 0.717) is 6.54 Å². The van der Waals surface area contributed by atoms with Gasteiger partial charge in [0.25, 0.3) is 0 Å². The van der Waals surface area contributed by atoms with Gasteiger partial charge < -0.3 is 15.4 Å². The Morgan fingerprint density at radius 1 is 1.26 bits per heavy atom. The van der Waals surface area contributed by atoms with E-state index in [1.807, 2.05) is 12.1 Å². The highest BCUT2D eigenvalue weighted by Gasteiger charge is 2.16. The summed E-state index contributed by atoms with van der Waals surface area (Å²) in [6.07, 6.45) is 1.04. The van der Waals surface area contributed by atoms with Crippen molar-refractivity contribution in [3.05, 3.63) is 30.1 Å². The SMILES string of the molecule is CC(C)(C)OC(=O)NCC(=O)NCc1ccccn1. The summed E-state index contributed by atoms with van der Waals surface area (Å²) in [6, 6.07) is 5.45. The average Bonchev–Trinajstić information content (AvgIpc) is 2.33. The molecule has 0 radical (unpaired) electrons. The molecule has 104 valence electrons. The third-order valence-electron chi connectivity index (χ3n) is 1.98. The van der Waals surface area contributed by atoms with Crippen molar-refractivity contribution >= 4 is 12.0 Å². The van der Waals surface area contributed by atoms with E-state index < -0.39 is 11.7 Å². The summed E-state index contributed by atoms with van der Waals surface area (Å²) in [7, 11) is 0. The zero-order valence-corrected chi connectivity index (χ0v) is 11.4. The molecule has 0 atom stereocenters. The molecule has 1 aromatic heterocycles. The molecule has 0 bridgehead atoms. The number of rotatable bonds is 4. The quantitative estimate of drug-likeness (QED) is 0.858. The first-order valence-corrected chi connectivity index (χ1v) is 6.00. The summed E-state index contributed by atoms with van der Waals surface area (Å²) in [5, 5.41) is 5.03. The van der Waals surface area contributed by atoms with Crippen LogP contribution in [-0.2, 0) is 16.1 Å². The van der Waals surface area contributed by atoms with E-state index >= 15 is 0 Å². The Kier molecular flexibility index (Phi) is 5.29. The maximum Gasteiger partial charge on any atom is 0.408 e. The van der Waals surface area contributed by atoms with Crippen LogP contribution in [0.25, 0.3) is 0 Å². The first-order valence-electron chi connectivity index (χ1n) is 6.00. The van der Waals surface area contributed by atoms with Gasteiger partial charge in [-0.25, -0.2) is 4.79 Å². The number of hydrogen-bond acceptors (Lipinski definition) is 4. The molecular formula is C13H19N3O3. The van der Waals surface area contributed by atoms with Crippen molar-refractivity contribution < 1.29 is 14.3 Å². The number of ether oxygens (including phenoxy) is 1. The molecule has 0 aliphatic carbocycles. The average molecular weight is 265 g/mol. The smallest absolute Gasteiger partial charge is 0.408 e. The zero-order chi connectivity index (χ0) is 14.3. The third-order valence-corrected chi connectivity index (χ3v) is 1.98. The topological polar surface area (TPSA) is 80.3 Å². The second kappa shape index (κ2) is 6.72. The zero-order valence-electron chi connectivity index (χ0n) is 11.4. The van der Waals surface area contributed by atoms with Crippen molar-refractivity contribution in [1.29, 1.82) is 0 Å². The molecule has 1 aromatic rings. The van der Waals surface area contributed by atoms with Crippen LogP contribution in [0.15, 0.2) is 24.4 Å². The number of carbonyl (C=O) groups excluding carboxylic acids is 2. The first-order chi connectivity index (χ1) is 8.87. The number of alkyl carbamates (subject to hydrolysis) is 1. The van der Waals surface area contributed by atoms with Gasteiger partial charge in [0.15, 0.2) is 0 Å². The van der Waals surface area contributed by atoms with Crippen LogP contribution in [0.4, 0.5) is 4.79 Å². The molecule has 2 N–H and O–H groups in total. The minimum atomic E-state index is -0.611. The Bertz CT molecular complexity index is 427. The molecule has 19 heavy (non-hydrogen) atoms. The maximum absolute atomic E-state index is 11.5. The molecule has 0 aliphatic heterocycles. The fourth-order valence-electron chi connectivity index (χ4n) is 1.22. The van der Waals surface area contributed by atoms with E-state index in [-0.39, 0.29) is 12.5 Å². The lowest BCUT2D eigenvalue weighted by atomic mass is 10.2. The largest absolute Gasteiger partial charge is 0.444 e. The van der Waals surface area contributed by atoms with Crippen LogP contribution in [0.1, 0.15) is 26.5 Å². The Labute approximate surface area is 112 Å². The second-order valence-corrected chi connectivity index (χ2v) is 4.95. The van der Waals surface area contributed by atoms with Crippen LogP contribution in [0.5, 0.6) is 0 Å². The van der Waals surface area contributed by atoms with E-state index in [4.69, 9.17) is 4.74 Å². The van der Waals surface area contributed by atoms with Gasteiger partial charge in [0.05, 0.1) is 12.2 Å². The molecule has 0 spiro atoms. The van der Waals surface area contributed by atoms with Gasteiger partial charge in [0.2, 0.25) is 5.91 Å². The Hall–Kier alpha value is -2.11. The van der Waals surface area contributed by atoms with Gasteiger partial charge in [-0.05, 0) is 32.9 Å². The van der Waals surface area contributed by atoms with E-state index in [9.17, 15) is 9.59 Å². The molecule has 2 amide bonds. The van der Waals surface area contributed by atoms with Crippen molar-refractivity contribution in [2.45, 2.75) is 32.9 Å². The van der Waals surface area contributed by atoms with E-state index in [1.54, 1.807) is 33.0 Å². The third kappa shape index (κ3) is 7.03. The predicted octanol–water partition coefficient (Wildman–Crippen LogP) is 1.22. The van der Waals surface area contributed by atoms with Crippen LogP contribution in [0.2, 0.25) is 0 Å². The van der Waals surface area contributed by atoms with Crippen molar-refractivity contribution in [1.82, 2.24) is 15.6 Å². The first kappa shape index (κ1) is 14.9. The van der Waals surface area contributed by atoms with Crippen molar-refractivity contribution in [2.75, 3.05) is 6.54 Å². The number of hydrogen-bond donors (Lipinski definition) is 2. The fraction of sp³-hybridized carbons (Fsp3) is 0.462. The maximum atomic E-state index is 11.5. The van der Waals surface area contributed by atoms with Gasteiger partial charge in [-0.2, -0.15) is 0 Å². The number of carbonyl (C=O) groups is 2. The molecule has 0 aromatic carbocycles. The van der Waals surface area contributed by atoms with E-state index in [2.05, 4.69) is 15.6 Å². The second-order valence-electron chi connectivity index (χ2n) is 4.95. The lowest BCUT2D eigenvalue weighted by Crippen LogP contribution is -2.39. The predicted molar refractivity (Wildman–Crippen MR) is 70.3 cm³/mol. The summed E-state index contributed by atoms with van der Waals surface area (Å²) >= 11 is 0. The normalized spacial score (nSPS) is 10.7. The number of nitrogens with zero attached hydrogens (tertiary/aromatic N) is 1. The standard InChI is InChI=1S/C13H19N3O3/c1-13(2,3)19-12(18)16-9-11(17)15-8-10-6-4-5-7-14-10/h4-7H,8-9H2,1-3H3,(H,15,17)(H,16,18). The van der Waals surface area contributed by atoms with Crippen LogP contribution >= 0.6 is 0 Å². The summed E-state index contributed by atoms with van der Waals surface area (Å²) in [6.45, 7) is 5.48. The molecule has 0 unspecified atom stereocenters. The molecule has 0 saturated heterocycles. The highest BCUT2D eigenvalue weighted by Crippen LogP contribution is 2.05. The molecule has 6 nitrogen and oxygen atoms in total. The molecular weight excluding hydrogens is 246 g/mol. The molecule has 0 saturated carbocycles. The van der Waals surface area contributed by atoms with Gasteiger partial charge in [-0.1, -0.05) is 6.07 Å². The molecule has 6 heteroatoms. The van der Waals surface area contributed by atoms with Crippen molar-refractivity contribution in [3.63, 3.8) is 0 Å². The monoisotopic (exact) mass is 265 g/mol. The summed E-state index contributed by atoms with van der Waals surface area (Å²) in [5.41, 5.74) is 0.183. The highest BCUT2D eigenvalue weighted by molar-refractivity contribution is 5.82. The Morgan fingerprint density at radius 3 is 2.58 bits per heavy atom. The minimum absolute atomic E-state index is 0.123. The molecule has 0 fully saturated rings. The molecule has 1 heterocycles. The number of pyridine rings is 1. The number of nitrogens with one attached hydrogen (secondary N) is 2. The molecule has 1 rings (SSSR count). The Morgan fingerprint density at radius 2 is 2.00 bits per heavy atom. The highest BCUT2D eigenvalue weighted by atomic mass is 16.6. The Balaban J connectivity index is 2.23. The van der Waals surface area contributed by atoms with Crippen molar-refractivity contribution in [2.24, 2.45) is 0 Å². The van der Waals surface area contributed by atoms with Gasteiger partial charge in [-0.3, -0.25) is 9.78 Å². The summed E-state index contributed by atoms with van der Waals surface area (Å²) in [4.78, 5) is 26.9. The van der Waals surface area contributed by atoms with Gasteiger partial charge in [0, 0.05) is 6.20 Å². The summed E-state index contributed by atoms with van der Waals surface area (Å²) < 4.78 is 5.01. The van der Waals surface area contributed by atoms with E-state index in [0.717, 1.165) is 5.69 Å². The van der Waals surface area contributed by atoms with Crippen LogP contribution in [0, 0.1) is 0 Å². The number of aromatic nitrogens is 1. The van der Waals surface area contributed by atoms with Gasteiger partial charge in [-0.15, -0.1) is 0 Å². The van der Waals surface area contributed by atoms with E-state index in [1.165, 1.54) is 0 Å². The summed E-state index contributed by atoms with van der Waals surface area (Å²) in [5.74, 6) is -0.295. The number of amides is 2. The van der Waals surface area contributed by atoms with Gasteiger partial charge >= 0.3 is 6.09 Å². The van der Waals surface area contributed by atoms with Crippen LogP contribution in [-0.4, -0.2) is 29.1 Å². The lowest BCUT2D eigenvalue weighted by Gasteiger charge is -2.19. The minimum Gasteiger partial charge on any atom is -0.444 e. The van der Waals surface area contributed by atoms with Crippen LogP contribution in [0.3, 0.4) is 0 Å². The molecule has 0 aliphatic rings. The fourth-order valence-corrected chi connectivity index (χ4v) is 1.22. The van der Waals surface area contributed by atoms with Crippen LogP contribution < -0.4 is 10.6 Å². The van der Waals surface area contributed by atoms with Gasteiger partial charge in [0.1, 0.15) is 12.1 Å². The van der Waals surface area contributed by atoms with Crippen molar-refractivity contribution in [3.8, 4) is 0 Å².